The third kappa shape index (κ3) is 7.17. The van der Waals surface area contributed by atoms with Crippen molar-refractivity contribution in [2.45, 2.75) is 25.6 Å². The highest BCUT2D eigenvalue weighted by atomic mass is 19.4. The van der Waals surface area contributed by atoms with Crippen molar-refractivity contribution in [3.05, 3.63) is 24.3 Å². The zero-order valence-electron chi connectivity index (χ0n) is 11.0. The molecule has 3 N–H and O–H groups in total. The Balaban J connectivity index is 0.000000235. The first-order valence-electron chi connectivity index (χ1n) is 6.08. The van der Waals surface area contributed by atoms with Crippen molar-refractivity contribution in [2.24, 2.45) is 11.8 Å². The molecule has 21 heavy (non-hydrogen) atoms. The highest BCUT2D eigenvalue weighted by molar-refractivity contribution is 5.84. The van der Waals surface area contributed by atoms with Crippen LogP contribution in [0.15, 0.2) is 24.3 Å². The number of Topliss-reactive ketones (excluding diaryl/α,β-unsaturated/α-hetero) is 1. The number of ether oxygens (including phenoxy) is 1. The summed E-state index contributed by atoms with van der Waals surface area (Å²) >= 11 is 0. The van der Waals surface area contributed by atoms with Crippen molar-refractivity contribution >= 4 is 11.5 Å². The van der Waals surface area contributed by atoms with Crippen molar-refractivity contribution in [1.29, 1.82) is 5.26 Å². The topological polar surface area (TPSA) is 88.1 Å². The molecule has 1 fully saturated rings. The van der Waals surface area contributed by atoms with Crippen LogP contribution in [0.4, 0.5) is 18.9 Å². The maximum absolute atomic E-state index is 11.7. The molecule has 0 bridgehead atoms. The Labute approximate surface area is 119 Å². The van der Waals surface area contributed by atoms with Crippen LogP contribution < -0.4 is 16.0 Å². The molecule has 0 heterocycles. The number of nitrogens with one attached hydrogen (secondary N) is 1. The van der Waals surface area contributed by atoms with Gasteiger partial charge in [-0.15, -0.1) is 13.2 Å². The summed E-state index contributed by atoms with van der Waals surface area (Å²) in [6.07, 6.45) is -2.51. The third-order valence-electron chi connectivity index (χ3n) is 2.54. The molecule has 5 nitrogen and oxygen atoms in total. The minimum atomic E-state index is -4.66. The first-order valence-corrected chi connectivity index (χ1v) is 6.08. The van der Waals surface area contributed by atoms with Gasteiger partial charge in [-0.1, -0.05) is 0 Å². The molecule has 0 aromatic heterocycles. The van der Waals surface area contributed by atoms with E-state index < -0.39 is 6.36 Å². The number of nitrogens with zero attached hydrogens (tertiary/aromatic N) is 1. The molecule has 1 aliphatic rings. The highest BCUT2D eigenvalue weighted by Crippen LogP contribution is 2.30. The number of benzene rings is 1. The van der Waals surface area contributed by atoms with Gasteiger partial charge < -0.3 is 10.2 Å². The fourth-order valence-electron chi connectivity index (χ4n) is 1.38. The molecule has 0 amide bonds. The number of carbonyl (C=O) groups is 1. The normalized spacial score (nSPS) is 13.5. The van der Waals surface area contributed by atoms with Gasteiger partial charge in [0, 0.05) is 11.6 Å². The van der Waals surface area contributed by atoms with Gasteiger partial charge in [0.05, 0.1) is 12.5 Å². The van der Waals surface area contributed by atoms with Crippen LogP contribution in [0.3, 0.4) is 0 Å². The van der Waals surface area contributed by atoms with Crippen LogP contribution in [-0.4, -0.2) is 12.1 Å². The molecule has 2 rings (SSSR count). The fraction of sp³-hybridized carbons (Fsp3) is 0.385. The van der Waals surface area contributed by atoms with E-state index in [1.165, 1.54) is 24.3 Å². The van der Waals surface area contributed by atoms with E-state index in [9.17, 15) is 18.0 Å². The van der Waals surface area contributed by atoms with Gasteiger partial charge in [0.25, 0.3) is 0 Å². The molecule has 0 atom stereocenters. The quantitative estimate of drug-likeness (QED) is 0.659. The van der Waals surface area contributed by atoms with Crippen LogP contribution in [-0.2, 0) is 4.79 Å². The summed E-state index contributed by atoms with van der Waals surface area (Å²) in [6, 6.07) is 6.93. The lowest BCUT2D eigenvalue weighted by molar-refractivity contribution is -0.274. The second kappa shape index (κ2) is 7.50. The van der Waals surface area contributed by atoms with Crippen molar-refractivity contribution in [1.82, 2.24) is 0 Å². The number of anilines is 1. The number of halogens is 3. The zero-order chi connectivity index (χ0) is 15.9. The molecule has 1 saturated carbocycles. The molecule has 8 heteroatoms. The number of hydrogen-bond donors (Lipinski definition) is 2. The summed E-state index contributed by atoms with van der Waals surface area (Å²) in [7, 11) is 0. The number of hydrogen-bond acceptors (Lipinski definition) is 5. The van der Waals surface area contributed by atoms with Gasteiger partial charge in [0.1, 0.15) is 11.5 Å². The SMILES string of the molecule is N#CCC(=O)C1CC1.NNc1ccc(OC(F)(F)F)cc1. The van der Waals surface area contributed by atoms with Crippen LogP contribution in [0.2, 0.25) is 0 Å². The van der Waals surface area contributed by atoms with Crippen LogP contribution in [0.1, 0.15) is 19.3 Å². The average Bonchev–Trinajstić information content (AvgIpc) is 3.23. The summed E-state index contributed by atoms with van der Waals surface area (Å²) in [5, 5.41) is 8.04. The van der Waals surface area contributed by atoms with Gasteiger partial charge in [-0.3, -0.25) is 10.6 Å². The number of rotatable bonds is 4. The molecular weight excluding hydrogens is 287 g/mol. The molecule has 1 aromatic rings. The van der Waals surface area contributed by atoms with Crippen LogP contribution in [0.5, 0.6) is 5.75 Å². The number of nitriles is 1. The summed E-state index contributed by atoms with van der Waals surface area (Å²) < 4.78 is 38.6. The average molecular weight is 301 g/mol. The number of hydrazine groups is 1. The lowest BCUT2D eigenvalue weighted by Gasteiger charge is -2.08. The first kappa shape index (κ1) is 16.8. The summed E-state index contributed by atoms with van der Waals surface area (Å²) in [5.41, 5.74) is 2.79. The number of nitrogens with two attached hydrogens (primary N) is 1. The van der Waals surface area contributed by atoms with Gasteiger partial charge in [-0.05, 0) is 37.1 Å². The van der Waals surface area contributed by atoms with Crippen molar-refractivity contribution in [3.8, 4) is 11.8 Å². The number of alkyl halides is 3. The van der Waals surface area contributed by atoms with Gasteiger partial charge in [-0.25, -0.2) is 0 Å². The van der Waals surface area contributed by atoms with E-state index >= 15 is 0 Å². The van der Waals surface area contributed by atoms with Crippen molar-refractivity contribution < 1.29 is 22.7 Å². The van der Waals surface area contributed by atoms with E-state index in [2.05, 4.69) is 10.2 Å². The third-order valence-corrected chi connectivity index (χ3v) is 2.54. The molecule has 0 radical (unpaired) electrons. The van der Waals surface area contributed by atoms with E-state index in [1.807, 2.05) is 6.07 Å². The predicted octanol–water partition coefficient (Wildman–Crippen LogP) is 2.75. The standard InChI is InChI=1S/C7H7F3N2O.C6H7NO/c8-7(9,10)13-6-3-1-5(12-11)2-4-6;7-4-3-6(8)5-1-2-5/h1-4,12H,11H2;5H,1-3H2. The summed E-state index contributed by atoms with van der Waals surface area (Å²) in [4.78, 5) is 10.6. The molecule has 0 unspecified atom stereocenters. The molecule has 0 aliphatic heterocycles. The fourth-order valence-corrected chi connectivity index (χ4v) is 1.38. The van der Waals surface area contributed by atoms with E-state index in [-0.39, 0.29) is 23.9 Å². The summed E-state index contributed by atoms with van der Waals surface area (Å²) in [6.45, 7) is 0. The monoisotopic (exact) mass is 301 g/mol. The van der Waals surface area contributed by atoms with Crippen LogP contribution in [0.25, 0.3) is 0 Å². The Morgan fingerprint density at radius 2 is 1.95 bits per heavy atom. The van der Waals surface area contributed by atoms with Crippen LogP contribution in [0, 0.1) is 17.2 Å². The number of ketones is 1. The smallest absolute Gasteiger partial charge is 0.406 e. The molecule has 1 aromatic carbocycles. The number of nitrogen functional groups attached to an aromatic ring is 1. The maximum atomic E-state index is 11.7. The Bertz CT molecular complexity index is 505. The number of carbonyl (C=O) groups excluding carboxylic acids is 1. The Morgan fingerprint density at radius 3 is 2.33 bits per heavy atom. The van der Waals surface area contributed by atoms with Crippen molar-refractivity contribution in [2.75, 3.05) is 5.43 Å². The van der Waals surface area contributed by atoms with Gasteiger partial charge in [-0.2, -0.15) is 5.26 Å². The van der Waals surface area contributed by atoms with Gasteiger partial charge >= 0.3 is 6.36 Å². The van der Waals surface area contributed by atoms with E-state index in [0.717, 1.165) is 12.8 Å². The van der Waals surface area contributed by atoms with Crippen LogP contribution >= 0.6 is 0 Å². The van der Waals surface area contributed by atoms with E-state index in [4.69, 9.17) is 11.1 Å². The van der Waals surface area contributed by atoms with E-state index in [0.29, 0.717) is 5.69 Å². The second-order valence-corrected chi connectivity index (χ2v) is 4.29. The molecule has 1 aliphatic carbocycles. The largest absolute Gasteiger partial charge is 0.573 e. The Hall–Kier alpha value is -2.27. The molecule has 114 valence electrons. The first-order chi connectivity index (χ1) is 9.85. The van der Waals surface area contributed by atoms with Crippen molar-refractivity contribution in [3.63, 3.8) is 0 Å². The second-order valence-electron chi connectivity index (χ2n) is 4.29. The lowest BCUT2D eigenvalue weighted by atomic mass is 10.2. The minimum absolute atomic E-state index is 0.116. The van der Waals surface area contributed by atoms with Gasteiger partial charge in [0.15, 0.2) is 0 Å². The predicted molar refractivity (Wildman–Crippen MR) is 68.9 cm³/mol. The summed E-state index contributed by atoms with van der Waals surface area (Å²) in [5.74, 6) is 5.13. The Morgan fingerprint density at radius 1 is 1.38 bits per heavy atom. The molecular formula is C13H14F3N3O2. The molecule has 0 saturated heterocycles. The molecule has 0 spiro atoms. The highest BCUT2D eigenvalue weighted by Gasteiger charge is 2.31. The lowest BCUT2D eigenvalue weighted by Crippen LogP contribution is -2.17. The zero-order valence-corrected chi connectivity index (χ0v) is 11.0. The Kier molecular flexibility index (Phi) is 5.99. The minimum Gasteiger partial charge on any atom is -0.406 e. The maximum Gasteiger partial charge on any atom is 0.573 e. The van der Waals surface area contributed by atoms with Gasteiger partial charge in [0.2, 0.25) is 0 Å². The van der Waals surface area contributed by atoms with E-state index in [1.54, 1.807) is 0 Å².